The van der Waals surface area contributed by atoms with Gasteiger partial charge in [-0.2, -0.15) is 0 Å². The molecule has 1 saturated heterocycles. The minimum Gasteiger partial charge on any atom is -0.368 e. The van der Waals surface area contributed by atoms with E-state index < -0.39 is 11.0 Å². The monoisotopic (exact) mass is 249 g/mol. The zero-order chi connectivity index (χ0) is 13.3. The third-order valence-corrected chi connectivity index (χ3v) is 2.81. The number of carbonyl (C=O) groups excluding carboxylic acids is 2. The number of likely N-dealkylation sites (N-methyl/N-ethyl adjacent to an activating group) is 1. The molecular formula is C11H11N3O4. The number of anilines is 1. The van der Waals surface area contributed by atoms with Gasteiger partial charge in [0.2, 0.25) is 5.91 Å². The maximum atomic E-state index is 11.7. The molecule has 0 bridgehead atoms. The fraction of sp³-hybridized carbons (Fsp3) is 0.273. The molecule has 1 atom stereocenters. The molecule has 94 valence electrons. The largest absolute Gasteiger partial charge is 0.368 e. The first-order chi connectivity index (χ1) is 8.50. The molecule has 0 aliphatic carbocycles. The van der Waals surface area contributed by atoms with Crippen LogP contribution in [0.5, 0.6) is 0 Å². The van der Waals surface area contributed by atoms with Gasteiger partial charge in [-0.15, -0.1) is 0 Å². The summed E-state index contributed by atoms with van der Waals surface area (Å²) in [5.74, 6) is -0.672. The number of nitro benzene ring substituents is 1. The molecule has 18 heavy (non-hydrogen) atoms. The van der Waals surface area contributed by atoms with Gasteiger partial charge in [-0.25, -0.2) is 0 Å². The van der Waals surface area contributed by atoms with Crippen molar-refractivity contribution < 1.29 is 14.5 Å². The summed E-state index contributed by atoms with van der Waals surface area (Å²) in [4.78, 5) is 34.3. The maximum Gasteiger partial charge on any atom is 0.292 e. The van der Waals surface area contributed by atoms with E-state index in [4.69, 9.17) is 0 Å². The fourth-order valence-electron chi connectivity index (χ4n) is 1.81. The van der Waals surface area contributed by atoms with Crippen LogP contribution in [0.15, 0.2) is 24.3 Å². The molecule has 0 spiro atoms. The van der Waals surface area contributed by atoms with E-state index in [0.717, 1.165) is 4.90 Å². The molecule has 0 aromatic heterocycles. The minimum absolute atomic E-state index is 0.0153. The van der Waals surface area contributed by atoms with Crippen molar-refractivity contribution in [1.82, 2.24) is 4.90 Å². The number of nitrogens with one attached hydrogen (secondary N) is 1. The van der Waals surface area contributed by atoms with Crippen molar-refractivity contribution in [3.8, 4) is 0 Å². The lowest BCUT2D eigenvalue weighted by atomic mass is 10.2. The van der Waals surface area contributed by atoms with Crippen LogP contribution >= 0.6 is 0 Å². The van der Waals surface area contributed by atoms with Crippen LogP contribution in [0.3, 0.4) is 0 Å². The van der Waals surface area contributed by atoms with Crippen LogP contribution < -0.4 is 5.32 Å². The average Bonchev–Trinajstić information content (AvgIpc) is 2.57. The molecule has 0 saturated carbocycles. The Kier molecular flexibility index (Phi) is 2.97. The number of amides is 2. The number of benzene rings is 1. The van der Waals surface area contributed by atoms with Gasteiger partial charge in [-0.3, -0.25) is 24.6 Å². The molecule has 2 rings (SSSR count). The summed E-state index contributed by atoms with van der Waals surface area (Å²) in [6.07, 6.45) is 0.0153. The van der Waals surface area contributed by atoms with E-state index in [-0.39, 0.29) is 29.6 Å². The lowest BCUT2D eigenvalue weighted by Crippen LogP contribution is -2.31. The lowest BCUT2D eigenvalue weighted by Gasteiger charge is -2.12. The Balaban J connectivity index is 2.23. The fourth-order valence-corrected chi connectivity index (χ4v) is 1.81. The van der Waals surface area contributed by atoms with Gasteiger partial charge < -0.3 is 5.32 Å². The normalized spacial score (nSPS) is 19.2. The first-order valence-electron chi connectivity index (χ1n) is 5.31. The highest BCUT2D eigenvalue weighted by Crippen LogP contribution is 2.26. The summed E-state index contributed by atoms with van der Waals surface area (Å²) in [5, 5.41) is 13.6. The van der Waals surface area contributed by atoms with Gasteiger partial charge in [-0.1, -0.05) is 12.1 Å². The van der Waals surface area contributed by atoms with Gasteiger partial charge in [0.15, 0.2) is 0 Å². The molecule has 1 unspecified atom stereocenters. The highest BCUT2D eigenvalue weighted by Gasteiger charge is 2.36. The van der Waals surface area contributed by atoms with Crippen LogP contribution in [0.25, 0.3) is 0 Å². The van der Waals surface area contributed by atoms with Crippen molar-refractivity contribution in [1.29, 1.82) is 0 Å². The molecule has 1 aromatic rings. The van der Waals surface area contributed by atoms with Crippen LogP contribution in [-0.4, -0.2) is 34.7 Å². The summed E-state index contributed by atoms with van der Waals surface area (Å²) in [7, 11) is 1.39. The molecule has 1 aromatic carbocycles. The van der Waals surface area contributed by atoms with E-state index >= 15 is 0 Å². The zero-order valence-electron chi connectivity index (χ0n) is 9.62. The first-order valence-corrected chi connectivity index (χ1v) is 5.31. The van der Waals surface area contributed by atoms with Gasteiger partial charge in [-0.05, 0) is 6.07 Å². The first kappa shape index (κ1) is 12.0. The van der Waals surface area contributed by atoms with Crippen molar-refractivity contribution in [3.05, 3.63) is 34.4 Å². The van der Waals surface area contributed by atoms with Crippen LogP contribution in [0.2, 0.25) is 0 Å². The smallest absolute Gasteiger partial charge is 0.292 e. The van der Waals surface area contributed by atoms with E-state index in [2.05, 4.69) is 5.32 Å². The zero-order valence-corrected chi connectivity index (χ0v) is 9.62. The number of imide groups is 1. The van der Waals surface area contributed by atoms with Crippen LogP contribution in [-0.2, 0) is 9.59 Å². The molecule has 7 nitrogen and oxygen atoms in total. The summed E-state index contributed by atoms with van der Waals surface area (Å²) in [6.45, 7) is 0. The van der Waals surface area contributed by atoms with Crippen molar-refractivity contribution in [2.45, 2.75) is 12.5 Å². The Morgan fingerprint density at radius 2 is 2.06 bits per heavy atom. The Morgan fingerprint density at radius 3 is 2.61 bits per heavy atom. The Morgan fingerprint density at radius 1 is 1.39 bits per heavy atom. The second-order valence-electron chi connectivity index (χ2n) is 3.97. The van der Waals surface area contributed by atoms with Gasteiger partial charge in [0.1, 0.15) is 11.7 Å². The van der Waals surface area contributed by atoms with Crippen LogP contribution in [0.1, 0.15) is 6.42 Å². The molecule has 1 aliphatic rings. The molecule has 1 aliphatic heterocycles. The predicted octanol–water partition coefficient (Wildman–Crippen LogP) is 0.764. The highest BCUT2D eigenvalue weighted by atomic mass is 16.6. The van der Waals surface area contributed by atoms with Crippen molar-refractivity contribution >= 4 is 23.2 Å². The number of rotatable bonds is 3. The highest BCUT2D eigenvalue weighted by molar-refractivity contribution is 6.06. The Labute approximate surface area is 103 Å². The summed E-state index contributed by atoms with van der Waals surface area (Å²) < 4.78 is 0. The number of likely N-dealkylation sites (tertiary alicyclic amines) is 1. The molecule has 1 N–H and O–H groups in total. The molecular weight excluding hydrogens is 238 g/mol. The summed E-state index contributed by atoms with van der Waals surface area (Å²) in [5.41, 5.74) is 0.122. The lowest BCUT2D eigenvalue weighted by molar-refractivity contribution is -0.384. The molecule has 1 fully saturated rings. The second-order valence-corrected chi connectivity index (χ2v) is 3.97. The van der Waals surface area contributed by atoms with Crippen molar-refractivity contribution in [2.75, 3.05) is 12.4 Å². The van der Waals surface area contributed by atoms with E-state index in [9.17, 15) is 19.7 Å². The number of para-hydroxylation sites is 2. The van der Waals surface area contributed by atoms with E-state index in [0.29, 0.717) is 0 Å². The van der Waals surface area contributed by atoms with E-state index in [1.54, 1.807) is 6.07 Å². The molecule has 7 heteroatoms. The third-order valence-electron chi connectivity index (χ3n) is 2.81. The Hall–Kier alpha value is -2.44. The molecule has 2 amide bonds. The second kappa shape index (κ2) is 4.44. The number of nitro groups is 1. The number of hydrogen-bond donors (Lipinski definition) is 1. The Bertz CT molecular complexity index is 529. The molecule has 1 heterocycles. The van der Waals surface area contributed by atoms with Gasteiger partial charge in [0, 0.05) is 13.1 Å². The standard InChI is InChI=1S/C11H11N3O4/c1-13-10(15)6-8(11(13)16)12-7-4-2-3-5-9(7)14(17)18/h2-5,8,12H,6H2,1H3. The quantitative estimate of drug-likeness (QED) is 0.485. The van der Waals surface area contributed by atoms with Gasteiger partial charge in [0.05, 0.1) is 11.3 Å². The maximum absolute atomic E-state index is 11.7. The molecule has 0 radical (unpaired) electrons. The summed E-state index contributed by atoms with van der Waals surface area (Å²) >= 11 is 0. The minimum atomic E-state index is -0.733. The van der Waals surface area contributed by atoms with Crippen molar-refractivity contribution in [3.63, 3.8) is 0 Å². The van der Waals surface area contributed by atoms with Crippen LogP contribution in [0, 0.1) is 10.1 Å². The predicted molar refractivity (Wildman–Crippen MR) is 62.9 cm³/mol. The topological polar surface area (TPSA) is 92.6 Å². The van der Waals surface area contributed by atoms with E-state index in [1.807, 2.05) is 0 Å². The number of carbonyl (C=O) groups is 2. The van der Waals surface area contributed by atoms with Gasteiger partial charge >= 0.3 is 0 Å². The summed E-state index contributed by atoms with van der Waals surface area (Å²) in [6, 6.07) is 5.28. The van der Waals surface area contributed by atoms with Gasteiger partial charge in [0.25, 0.3) is 11.6 Å². The number of hydrogen-bond acceptors (Lipinski definition) is 5. The van der Waals surface area contributed by atoms with Crippen LogP contribution in [0.4, 0.5) is 11.4 Å². The van der Waals surface area contributed by atoms with Crippen molar-refractivity contribution in [2.24, 2.45) is 0 Å². The SMILES string of the molecule is CN1C(=O)CC(Nc2ccccc2[N+](=O)[O-])C1=O. The number of nitrogens with zero attached hydrogens (tertiary/aromatic N) is 2. The third kappa shape index (κ3) is 2.02. The average molecular weight is 249 g/mol. The van der Waals surface area contributed by atoms with E-state index in [1.165, 1.54) is 25.2 Å².